The van der Waals surface area contributed by atoms with Gasteiger partial charge in [-0.05, 0) is 63.3 Å². The van der Waals surface area contributed by atoms with Crippen LogP contribution in [0.5, 0.6) is 0 Å². The van der Waals surface area contributed by atoms with Crippen molar-refractivity contribution < 1.29 is 19.2 Å². The first-order valence-corrected chi connectivity index (χ1v) is 13.7. The molecule has 1 amide bonds. The summed E-state index contributed by atoms with van der Waals surface area (Å²) in [6.45, 7) is 4.83. The fraction of sp³-hybridized carbons (Fsp3) is 0.621. The number of carbonyl (C=O) groups excluding carboxylic acids is 1. The number of hydrogen-bond acceptors (Lipinski definition) is 4. The lowest BCUT2D eigenvalue weighted by molar-refractivity contribution is -0.121. The lowest BCUT2D eigenvalue weighted by Crippen LogP contribution is -2.37. The van der Waals surface area contributed by atoms with Crippen LogP contribution in [0.2, 0.25) is 6.32 Å². The van der Waals surface area contributed by atoms with E-state index in [-0.39, 0.29) is 31.2 Å². The molecule has 5 nitrogen and oxygen atoms in total. The highest BCUT2D eigenvalue weighted by molar-refractivity contribution is 6.44. The first-order chi connectivity index (χ1) is 17.1. The molecule has 1 aromatic carbocycles. The number of amides is 1. The van der Waals surface area contributed by atoms with E-state index in [0.29, 0.717) is 25.3 Å². The summed E-state index contributed by atoms with van der Waals surface area (Å²) < 4.78 is 12.7. The summed E-state index contributed by atoms with van der Waals surface area (Å²) in [6, 6.07) is 10.3. The SMILES string of the molecule is CCCCB1OC2CC(O1)[C@H](CC=CCCCC(=O)NCC)[C@H]2C=C[C@H](O)CCc1ccccc1. The Morgan fingerprint density at radius 3 is 2.74 bits per heavy atom. The van der Waals surface area contributed by atoms with Crippen LogP contribution in [0, 0.1) is 11.8 Å². The van der Waals surface area contributed by atoms with Crippen molar-refractivity contribution in [1.29, 1.82) is 0 Å². The second-order valence-corrected chi connectivity index (χ2v) is 9.93. The highest BCUT2D eigenvalue weighted by Crippen LogP contribution is 2.44. The van der Waals surface area contributed by atoms with E-state index in [1.54, 1.807) is 0 Å². The molecule has 1 saturated carbocycles. The van der Waals surface area contributed by atoms with Gasteiger partial charge in [-0.2, -0.15) is 0 Å². The van der Waals surface area contributed by atoms with Gasteiger partial charge in [-0.1, -0.05) is 74.4 Å². The molecule has 2 fully saturated rings. The molecule has 35 heavy (non-hydrogen) atoms. The molecule has 5 atom stereocenters. The Hall–Kier alpha value is -1.89. The van der Waals surface area contributed by atoms with Gasteiger partial charge in [0.15, 0.2) is 0 Å². The maximum atomic E-state index is 11.6. The standard InChI is InChI=1S/C29H44BNO4/c1-3-5-21-30-34-27-22-28(35-30)26(20-19-24(32)18-17-23-13-9-8-10-14-23)25(27)15-11-6-7-12-16-29(33)31-4-2/h6,8-11,13-14,19-20,24-28,32H,3-5,7,12,15-18,21-22H2,1-2H3,(H,31,33)/t24-,25-,26-,27?,28?/m1/s1. The van der Waals surface area contributed by atoms with Gasteiger partial charge in [-0.15, -0.1) is 0 Å². The minimum atomic E-state index is -0.460. The van der Waals surface area contributed by atoms with Crippen LogP contribution in [0.15, 0.2) is 54.6 Å². The van der Waals surface area contributed by atoms with Gasteiger partial charge >= 0.3 is 7.12 Å². The second kappa shape index (κ2) is 15.3. The quantitative estimate of drug-likeness (QED) is 0.197. The molecule has 1 aliphatic carbocycles. The van der Waals surface area contributed by atoms with Gasteiger partial charge in [0.1, 0.15) is 0 Å². The van der Waals surface area contributed by atoms with E-state index in [1.807, 2.05) is 31.2 Å². The van der Waals surface area contributed by atoms with E-state index in [4.69, 9.17) is 9.31 Å². The lowest BCUT2D eigenvalue weighted by atomic mass is 9.80. The van der Waals surface area contributed by atoms with Crippen LogP contribution in [0.25, 0.3) is 0 Å². The summed E-state index contributed by atoms with van der Waals surface area (Å²) in [7, 11) is -0.108. The summed E-state index contributed by atoms with van der Waals surface area (Å²) in [5.41, 5.74) is 1.25. The third-order valence-corrected chi connectivity index (χ3v) is 7.16. The molecule has 0 aromatic heterocycles. The fourth-order valence-electron chi connectivity index (χ4n) is 5.24. The van der Waals surface area contributed by atoms with E-state index in [9.17, 15) is 9.90 Å². The van der Waals surface area contributed by atoms with Crippen LogP contribution >= 0.6 is 0 Å². The smallest absolute Gasteiger partial charge is 0.408 e. The van der Waals surface area contributed by atoms with Crippen LogP contribution in [0.1, 0.15) is 70.8 Å². The zero-order chi connectivity index (χ0) is 24.9. The number of aliphatic hydroxyl groups is 1. The molecule has 0 spiro atoms. The normalized spacial score (nSPS) is 24.9. The van der Waals surface area contributed by atoms with E-state index < -0.39 is 6.10 Å². The Labute approximate surface area is 212 Å². The number of fused-ring (bicyclic) bond motifs is 2. The van der Waals surface area contributed by atoms with Crippen molar-refractivity contribution in [3.8, 4) is 0 Å². The molecule has 2 N–H and O–H groups in total. The van der Waals surface area contributed by atoms with Gasteiger partial charge in [0, 0.05) is 25.0 Å². The van der Waals surface area contributed by atoms with Crippen molar-refractivity contribution in [1.82, 2.24) is 5.32 Å². The average Bonchev–Trinajstić information content (AvgIpc) is 3.11. The number of allylic oxidation sites excluding steroid dienone is 2. The molecule has 6 heteroatoms. The number of benzene rings is 1. The Balaban J connectivity index is 1.55. The van der Waals surface area contributed by atoms with Gasteiger partial charge < -0.3 is 19.7 Å². The van der Waals surface area contributed by atoms with Gasteiger partial charge in [-0.25, -0.2) is 0 Å². The minimum absolute atomic E-state index is 0.108. The molecular formula is C29H44BNO4. The van der Waals surface area contributed by atoms with Crippen molar-refractivity contribution in [2.24, 2.45) is 11.8 Å². The number of unbranched alkanes of at least 4 members (excludes halogenated alkanes) is 2. The molecule has 2 bridgehead atoms. The molecule has 1 heterocycles. The van der Waals surface area contributed by atoms with Crippen LogP contribution in [0.4, 0.5) is 0 Å². The van der Waals surface area contributed by atoms with Gasteiger partial charge in [0.05, 0.1) is 12.2 Å². The Kier molecular flexibility index (Phi) is 12.1. The van der Waals surface area contributed by atoms with Gasteiger partial charge in [0.25, 0.3) is 0 Å². The number of hydrogen-bond donors (Lipinski definition) is 2. The van der Waals surface area contributed by atoms with Crippen molar-refractivity contribution >= 4 is 13.0 Å². The summed E-state index contributed by atoms with van der Waals surface area (Å²) in [5, 5.41) is 13.5. The van der Waals surface area contributed by atoms with Crippen LogP contribution in [-0.4, -0.2) is 43.0 Å². The van der Waals surface area contributed by atoms with Crippen molar-refractivity contribution in [3.05, 3.63) is 60.2 Å². The number of aliphatic hydroxyl groups excluding tert-OH is 1. The summed E-state index contributed by atoms with van der Waals surface area (Å²) in [6.07, 6.45) is 17.5. The van der Waals surface area contributed by atoms with Crippen molar-refractivity contribution in [2.75, 3.05) is 6.54 Å². The number of aryl methyl sites for hydroxylation is 1. The minimum Gasteiger partial charge on any atom is -0.408 e. The molecule has 0 radical (unpaired) electrons. The molecule has 1 aliphatic heterocycles. The Morgan fingerprint density at radius 1 is 1.17 bits per heavy atom. The van der Waals surface area contributed by atoms with E-state index >= 15 is 0 Å². The largest absolute Gasteiger partial charge is 0.457 e. The summed E-state index contributed by atoms with van der Waals surface area (Å²) in [5.74, 6) is 0.729. The predicted molar refractivity (Wildman–Crippen MR) is 143 cm³/mol. The highest BCUT2D eigenvalue weighted by atomic mass is 16.6. The average molecular weight is 481 g/mol. The highest BCUT2D eigenvalue weighted by Gasteiger charge is 2.49. The van der Waals surface area contributed by atoms with E-state index in [0.717, 1.165) is 51.3 Å². The van der Waals surface area contributed by atoms with E-state index in [1.165, 1.54) is 5.56 Å². The van der Waals surface area contributed by atoms with Crippen LogP contribution in [0.3, 0.4) is 0 Å². The Morgan fingerprint density at radius 2 is 1.97 bits per heavy atom. The second-order valence-electron chi connectivity index (χ2n) is 9.93. The number of carbonyl (C=O) groups is 1. The molecule has 1 aromatic rings. The molecule has 1 saturated heterocycles. The molecule has 2 aliphatic rings. The first-order valence-electron chi connectivity index (χ1n) is 13.7. The van der Waals surface area contributed by atoms with Gasteiger partial charge in [-0.3, -0.25) is 4.79 Å². The zero-order valence-corrected chi connectivity index (χ0v) is 21.6. The topological polar surface area (TPSA) is 67.8 Å². The maximum absolute atomic E-state index is 11.6. The fourth-order valence-corrected chi connectivity index (χ4v) is 5.24. The molecule has 192 valence electrons. The monoisotopic (exact) mass is 481 g/mol. The summed E-state index contributed by atoms with van der Waals surface area (Å²) in [4.78, 5) is 11.6. The number of rotatable bonds is 15. The zero-order valence-electron chi connectivity index (χ0n) is 21.6. The number of nitrogens with one attached hydrogen (secondary N) is 1. The third-order valence-electron chi connectivity index (χ3n) is 7.16. The molecular weight excluding hydrogens is 437 g/mol. The Bertz CT molecular complexity index is 799. The molecule has 2 unspecified atom stereocenters. The van der Waals surface area contributed by atoms with Gasteiger partial charge in [0.2, 0.25) is 5.91 Å². The van der Waals surface area contributed by atoms with Crippen LogP contribution < -0.4 is 5.32 Å². The molecule has 3 rings (SSSR count). The van der Waals surface area contributed by atoms with Crippen molar-refractivity contribution in [3.63, 3.8) is 0 Å². The third kappa shape index (κ3) is 9.25. The maximum Gasteiger partial charge on any atom is 0.457 e. The first kappa shape index (κ1) is 27.7. The van der Waals surface area contributed by atoms with Crippen LogP contribution in [-0.2, 0) is 20.5 Å². The van der Waals surface area contributed by atoms with Crippen molar-refractivity contribution in [2.45, 2.75) is 96.3 Å². The summed E-state index contributed by atoms with van der Waals surface area (Å²) >= 11 is 0. The van der Waals surface area contributed by atoms with E-state index in [2.05, 4.69) is 42.6 Å². The predicted octanol–water partition coefficient (Wildman–Crippen LogP) is 5.50. The lowest BCUT2D eigenvalue weighted by Gasteiger charge is -2.27.